The number of nitrogens with one attached hydrogen (secondary N) is 1. The Hall–Kier alpha value is -1.81. The number of hydrogen-bond donors (Lipinski definition) is 1. The fraction of sp³-hybridized carbons (Fsp3) is 0.294. The van der Waals surface area contributed by atoms with Crippen LogP contribution < -0.4 is 9.62 Å². The van der Waals surface area contributed by atoms with Crippen LogP contribution in [0.2, 0.25) is 5.02 Å². The van der Waals surface area contributed by atoms with Gasteiger partial charge in [-0.25, -0.2) is 17.5 Å². The number of fused-ring (bicyclic) bond motifs is 1. The average molecular weight is 420 g/mol. The van der Waals surface area contributed by atoms with Crippen molar-refractivity contribution in [3.63, 3.8) is 0 Å². The lowest BCUT2D eigenvalue weighted by Crippen LogP contribution is -2.46. The topological polar surface area (TPSA) is 52.6 Å². The normalized spacial score (nSPS) is 16.4. The average Bonchev–Trinajstić information content (AvgIpc) is 2.57. The largest absolute Gasteiger partial charge is 0.320 e. The molecule has 0 aromatic heterocycles. The molecule has 0 spiro atoms. The lowest BCUT2D eigenvalue weighted by Gasteiger charge is -2.37. The van der Waals surface area contributed by atoms with Crippen LogP contribution in [0.1, 0.15) is 12.0 Å². The van der Waals surface area contributed by atoms with Crippen molar-refractivity contribution in [1.82, 2.24) is 9.62 Å². The summed E-state index contributed by atoms with van der Waals surface area (Å²) in [5, 5.41) is 3.28. The fourth-order valence-corrected chi connectivity index (χ4v) is 4.90. The highest BCUT2D eigenvalue weighted by Gasteiger charge is 2.40. The number of rotatable bonds is 5. The molecule has 0 saturated carbocycles. The van der Waals surface area contributed by atoms with E-state index in [1.54, 1.807) is 13.1 Å². The first-order valence-corrected chi connectivity index (χ1v) is 9.91. The van der Waals surface area contributed by atoms with E-state index in [1.165, 1.54) is 12.1 Å². The summed E-state index contributed by atoms with van der Waals surface area (Å²) >= 11 is 6.01. The van der Waals surface area contributed by atoms with Gasteiger partial charge in [0.15, 0.2) is 11.6 Å². The van der Waals surface area contributed by atoms with Crippen LogP contribution in [0.25, 0.3) is 0 Å². The van der Waals surface area contributed by atoms with Gasteiger partial charge < -0.3 is 5.32 Å². The molecule has 5 nitrogen and oxygen atoms in total. The lowest BCUT2D eigenvalue weighted by atomic mass is 10.1. The van der Waals surface area contributed by atoms with Gasteiger partial charge in [-0.2, -0.15) is 12.7 Å². The van der Waals surface area contributed by atoms with Gasteiger partial charge >= 0.3 is 10.2 Å². The van der Waals surface area contributed by atoms with E-state index in [4.69, 9.17) is 11.6 Å². The van der Waals surface area contributed by atoms with Gasteiger partial charge in [-0.15, -0.1) is 0 Å². The highest BCUT2D eigenvalue weighted by molar-refractivity contribution is 7.90. The second-order valence-corrected chi connectivity index (χ2v) is 8.27. The molecule has 146 valence electrons. The van der Waals surface area contributed by atoms with Gasteiger partial charge in [0.1, 0.15) is 11.5 Å². The smallest absolute Gasteiger partial charge is 0.309 e. The maximum Gasteiger partial charge on any atom is 0.309 e. The van der Waals surface area contributed by atoms with E-state index in [9.17, 15) is 21.6 Å². The van der Waals surface area contributed by atoms with Crippen LogP contribution in [0.15, 0.2) is 30.3 Å². The van der Waals surface area contributed by atoms with E-state index in [1.807, 2.05) is 0 Å². The SMILES string of the molecule is CNCCCN1Cc2cc(Cl)ccc2N(c2c(F)cc(F)cc2F)S1(=O)=O. The summed E-state index contributed by atoms with van der Waals surface area (Å²) in [4.78, 5) is 0. The van der Waals surface area contributed by atoms with Gasteiger partial charge in [0.2, 0.25) is 0 Å². The number of benzene rings is 2. The molecule has 0 amide bonds. The van der Waals surface area contributed by atoms with Gasteiger partial charge in [-0.3, -0.25) is 0 Å². The maximum atomic E-state index is 14.4. The molecule has 3 rings (SSSR count). The van der Waals surface area contributed by atoms with Crippen LogP contribution in [0, 0.1) is 17.5 Å². The van der Waals surface area contributed by atoms with Crippen molar-refractivity contribution < 1.29 is 21.6 Å². The monoisotopic (exact) mass is 419 g/mol. The van der Waals surface area contributed by atoms with Gasteiger partial charge in [-0.1, -0.05) is 11.6 Å². The summed E-state index contributed by atoms with van der Waals surface area (Å²) in [6, 6.07) is 5.25. The first kappa shape index (κ1) is 19.9. The molecule has 0 saturated heterocycles. The van der Waals surface area contributed by atoms with Crippen molar-refractivity contribution in [1.29, 1.82) is 0 Å². The Balaban J connectivity index is 2.18. The Morgan fingerprint density at radius 3 is 2.44 bits per heavy atom. The maximum absolute atomic E-state index is 14.4. The number of anilines is 2. The zero-order valence-corrected chi connectivity index (χ0v) is 15.9. The van der Waals surface area contributed by atoms with E-state index in [0.29, 0.717) is 40.0 Å². The summed E-state index contributed by atoms with van der Waals surface area (Å²) in [7, 11) is -2.56. The first-order valence-electron chi connectivity index (χ1n) is 8.13. The highest BCUT2D eigenvalue weighted by atomic mass is 35.5. The van der Waals surface area contributed by atoms with Crippen LogP contribution in [0.4, 0.5) is 24.5 Å². The minimum atomic E-state index is -4.29. The predicted molar refractivity (Wildman–Crippen MR) is 97.8 cm³/mol. The molecule has 0 fully saturated rings. The Labute approximate surface area is 160 Å². The van der Waals surface area contributed by atoms with E-state index >= 15 is 0 Å². The van der Waals surface area contributed by atoms with Crippen LogP contribution in [0.3, 0.4) is 0 Å². The lowest BCUT2D eigenvalue weighted by molar-refractivity contribution is 0.391. The summed E-state index contributed by atoms with van der Waals surface area (Å²) in [6.45, 7) is 0.715. The molecule has 0 bridgehead atoms. The van der Waals surface area contributed by atoms with Crippen molar-refractivity contribution in [3.8, 4) is 0 Å². The summed E-state index contributed by atoms with van der Waals surface area (Å²) in [5.41, 5.74) is -0.281. The van der Waals surface area contributed by atoms with Crippen LogP contribution in [-0.4, -0.2) is 32.9 Å². The molecule has 27 heavy (non-hydrogen) atoms. The fourth-order valence-electron chi connectivity index (χ4n) is 2.98. The Morgan fingerprint density at radius 2 is 1.81 bits per heavy atom. The molecule has 1 N–H and O–H groups in total. The van der Waals surface area contributed by atoms with Crippen LogP contribution in [0.5, 0.6) is 0 Å². The summed E-state index contributed by atoms with van der Waals surface area (Å²) < 4.78 is 70.1. The van der Waals surface area contributed by atoms with E-state index in [2.05, 4.69) is 5.32 Å². The van der Waals surface area contributed by atoms with Gasteiger partial charge in [-0.05, 0) is 43.8 Å². The number of halogens is 4. The Bertz CT molecular complexity index is 949. The van der Waals surface area contributed by atoms with E-state index in [-0.39, 0.29) is 18.8 Å². The van der Waals surface area contributed by atoms with E-state index < -0.39 is 33.3 Å². The minimum Gasteiger partial charge on any atom is -0.320 e. The first-order chi connectivity index (χ1) is 12.8. The van der Waals surface area contributed by atoms with Crippen molar-refractivity contribution >= 4 is 33.2 Å². The molecular weight excluding hydrogens is 403 g/mol. The summed E-state index contributed by atoms with van der Waals surface area (Å²) in [6.07, 6.45) is 0.494. The standard InChI is InChI=1S/C17H17ClF3N3O2S/c1-22-5-2-6-23-10-11-7-12(18)3-4-16(11)24(27(23,25)26)17-14(20)8-13(19)9-15(17)21/h3-4,7-9,22H,2,5-6,10H2,1H3. The second-order valence-electron chi connectivity index (χ2n) is 6.05. The van der Waals surface area contributed by atoms with Crippen LogP contribution in [-0.2, 0) is 16.8 Å². The van der Waals surface area contributed by atoms with Crippen molar-refractivity contribution in [2.75, 3.05) is 24.4 Å². The van der Waals surface area contributed by atoms with E-state index in [0.717, 1.165) is 4.31 Å². The minimum absolute atomic E-state index is 0.0167. The molecule has 1 aliphatic heterocycles. The Morgan fingerprint density at radius 1 is 1.15 bits per heavy atom. The Kier molecular flexibility index (Phi) is 5.66. The molecule has 0 atom stereocenters. The third-order valence-corrected chi connectivity index (χ3v) is 6.22. The third kappa shape index (κ3) is 3.77. The van der Waals surface area contributed by atoms with Gasteiger partial charge in [0.25, 0.3) is 0 Å². The molecule has 1 heterocycles. The molecule has 0 unspecified atom stereocenters. The van der Waals surface area contributed by atoms with Crippen LogP contribution >= 0.6 is 11.6 Å². The van der Waals surface area contributed by atoms with Crippen molar-refractivity contribution in [2.45, 2.75) is 13.0 Å². The highest BCUT2D eigenvalue weighted by Crippen LogP contribution is 2.41. The molecular formula is C17H17ClF3N3O2S. The quantitative estimate of drug-likeness (QED) is 0.754. The molecule has 1 aliphatic rings. The number of nitrogens with zero attached hydrogens (tertiary/aromatic N) is 2. The van der Waals surface area contributed by atoms with Gasteiger partial charge in [0, 0.05) is 30.2 Å². The second kappa shape index (κ2) is 7.67. The molecule has 10 heteroatoms. The number of hydrogen-bond acceptors (Lipinski definition) is 3. The predicted octanol–water partition coefficient (Wildman–Crippen LogP) is 3.57. The van der Waals surface area contributed by atoms with Crippen molar-refractivity contribution in [2.24, 2.45) is 0 Å². The van der Waals surface area contributed by atoms with Crippen molar-refractivity contribution in [3.05, 3.63) is 58.4 Å². The summed E-state index contributed by atoms with van der Waals surface area (Å²) in [5.74, 6) is -3.76. The molecule has 2 aromatic rings. The molecule has 0 aliphatic carbocycles. The molecule has 2 aromatic carbocycles. The zero-order valence-electron chi connectivity index (χ0n) is 14.3. The zero-order chi connectivity index (χ0) is 19.8. The third-order valence-electron chi connectivity index (χ3n) is 4.18. The molecule has 0 radical (unpaired) electrons. The van der Waals surface area contributed by atoms with Gasteiger partial charge in [0.05, 0.1) is 5.69 Å².